The van der Waals surface area contributed by atoms with Crippen LogP contribution < -0.4 is 10.1 Å². The quantitative estimate of drug-likeness (QED) is 0.858. The van der Waals surface area contributed by atoms with Crippen molar-refractivity contribution in [3.63, 3.8) is 0 Å². The number of halogens is 2. The van der Waals surface area contributed by atoms with Gasteiger partial charge in [0.15, 0.2) is 0 Å². The van der Waals surface area contributed by atoms with E-state index in [1.807, 2.05) is 17.8 Å². The molecule has 0 radical (unpaired) electrons. The highest BCUT2D eigenvalue weighted by molar-refractivity contribution is 6.31. The van der Waals surface area contributed by atoms with Crippen molar-refractivity contribution in [2.45, 2.75) is 44.9 Å². The molecule has 0 spiro atoms. The molecule has 4 nitrogen and oxygen atoms in total. The number of fused-ring (bicyclic) bond motifs is 2. The first-order chi connectivity index (χ1) is 12.7. The SMILES string of the molecule is CNCc1cc2n(n1)CC1CC3CCC1C3c1c(Cl)ccc(F)c1CO2. The van der Waals surface area contributed by atoms with Crippen molar-refractivity contribution in [1.82, 2.24) is 15.1 Å². The Labute approximate surface area is 157 Å². The third-order valence-electron chi connectivity index (χ3n) is 6.55. The predicted molar refractivity (Wildman–Crippen MR) is 97.8 cm³/mol. The van der Waals surface area contributed by atoms with Crippen LogP contribution in [-0.2, 0) is 19.7 Å². The van der Waals surface area contributed by atoms with Crippen LogP contribution in [0.5, 0.6) is 5.88 Å². The highest BCUT2D eigenvalue weighted by Gasteiger charge is 2.50. The van der Waals surface area contributed by atoms with E-state index in [0.29, 0.717) is 40.8 Å². The molecular weight excluding hydrogens is 353 g/mol. The zero-order chi connectivity index (χ0) is 17.8. The monoisotopic (exact) mass is 375 g/mol. The van der Waals surface area contributed by atoms with Crippen molar-refractivity contribution >= 4 is 11.6 Å². The molecule has 0 amide bonds. The van der Waals surface area contributed by atoms with E-state index in [1.54, 1.807) is 6.07 Å². The number of rotatable bonds is 2. The molecule has 26 heavy (non-hydrogen) atoms. The molecule has 1 N–H and O–H groups in total. The van der Waals surface area contributed by atoms with Gasteiger partial charge < -0.3 is 10.1 Å². The van der Waals surface area contributed by atoms with Crippen LogP contribution in [0.1, 0.15) is 42.0 Å². The number of ether oxygens (including phenoxy) is 1. The fourth-order valence-electron chi connectivity index (χ4n) is 5.58. The maximum Gasteiger partial charge on any atom is 0.212 e. The van der Waals surface area contributed by atoms with Crippen LogP contribution in [0, 0.1) is 23.6 Å². The van der Waals surface area contributed by atoms with E-state index in [0.717, 1.165) is 23.7 Å². The second-order valence-corrected chi connectivity index (χ2v) is 8.33. The summed E-state index contributed by atoms with van der Waals surface area (Å²) in [7, 11) is 1.90. The summed E-state index contributed by atoms with van der Waals surface area (Å²) >= 11 is 6.58. The lowest BCUT2D eigenvalue weighted by Gasteiger charge is -2.26. The molecule has 4 unspecified atom stereocenters. The fraction of sp³-hybridized carbons (Fsp3) is 0.550. The zero-order valence-corrected chi connectivity index (χ0v) is 15.6. The zero-order valence-electron chi connectivity index (χ0n) is 14.8. The Morgan fingerprint density at radius 3 is 3.08 bits per heavy atom. The molecule has 5 rings (SSSR count). The summed E-state index contributed by atoms with van der Waals surface area (Å²) in [4.78, 5) is 0. The third-order valence-corrected chi connectivity index (χ3v) is 6.88. The Balaban J connectivity index is 1.63. The Kier molecular flexibility index (Phi) is 3.98. The van der Waals surface area contributed by atoms with Gasteiger partial charge in [0.25, 0.3) is 0 Å². The molecule has 4 bridgehead atoms. The Morgan fingerprint density at radius 1 is 1.35 bits per heavy atom. The van der Waals surface area contributed by atoms with Gasteiger partial charge in [-0.05, 0) is 67.7 Å². The minimum atomic E-state index is -0.214. The molecule has 1 aliphatic heterocycles. The molecule has 0 saturated heterocycles. The van der Waals surface area contributed by atoms with Crippen LogP contribution in [0.4, 0.5) is 4.39 Å². The molecule has 2 saturated carbocycles. The Hall–Kier alpha value is -1.59. The summed E-state index contributed by atoms with van der Waals surface area (Å²) in [5.41, 5.74) is 2.59. The number of benzene rings is 1. The van der Waals surface area contributed by atoms with E-state index in [9.17, 15) is 4.39 Å². The maximum atomic E-state index is 14.7. The van der Waals surface area contributed by atoms with Gasteiger partial charge in [-0.2, -0.15) is 5.10 Å². The van der Waals surface area contributed by atoms with Crippen molar-refractivity contribution < 1.29 is 9.13 Å². The van der Waals surface area contributed by atoms with E-state index < -0.39 is 0 Å². The van der Waals surface area contributed by atoms with Crippen molar-refractivity contribution in [2.75, 3.05) is 7.05 Å². The summed E-state index contributed by atoms with van der Waals surface area (Å²) < 4.78 is 22.8. The van der Waals surface area contributed by atoms with Crippen molar-refractivity contribution in [1.29, 1.82) is 0 Å². The largest absolute Gasteiger partial charge is 0.473 e. The first kappa shape index (κ1) is 16.6. The molecule has 138 valence electrons. The number of hydrogen-bond acceptors (Lipinski definition) is 3. The van der Waals surface area contributed by atoms with Gasteiger partial charge in [-0.1, -0.05) is 11.6 Å². The normalized spacial score (nSPS) is 29.2. The summed E-state index contributed by atoms with van der Waals surface area (Å²) in [6.45, 7) is 1.77. The average Bonchev–Trinajstić information content (AvgIpc) is 3.29. The number of aromatic nitrogens is 2. The standard InChI is InChI=1S/C20H23ClFN3O/c1-23-8-13-7-18-25(24-13)9-12-6-11-2-3-14(12)19(11)20-15(10-26-18)17(22)5-4-16(20)21/h4-5,7,11-12,14,19,23H,2-3,6,8-10H2,1H3. The van der Waals surface area contributed by atoms with Gasteiger partial charge in [0.05, 0.1) is 5.69 Å². The maximum absolute atomic E-state index is 14.7. The van der Waals surface area contributed by atoms with Gasteiger partial charge in [-0.15, -0.1) is 0 Å². The Morgan fingerprint density at radius 2 is 2.23 bits per heavy atom. The van der Waals surface area contributed by atoms with Crippen LogP contribution in [0.15, 0.2) is 18.2 Å². The molecule has 6 heteroatoms. The highest BCUT2D eigenvalue weighted by atomic mass is 35.5. The van der Waals surface area contributed by atoms with Gasteiger partial charge in [-0.3, -0.25) is 0 Å². The molecule has 4 atom stereocenters. The van der Waals surface area contributed by atoms with E-state index in [-0.39, 0.29) is 12.4 Å². The van der Waals surface area contributed by atoms with Crippen molar-refractivity contribution in [3.05, 3.63) is 45.9 Å². The molecule has 1 aromatic carbocycles. The van der Waals surface area contributed by atoms with E-state index in [4.69, 9.17) is 21.4 Å². The minimum absolute atomic E-state index is 0.201. The highest BCUT2D eigenvalue weighted by Crippen LogP contribution is 2.59. The molecule has 2 heterocycles. The van der Waals surface area contributed by atoms with Crippen LogP contribution in [0.25, 0.3) is 0 Å². The topological polar surface area (TPSA) is 39.1 Å². The lowest BCUT2D eigenvalue weighted by molar-refractivity contribution is 0.227. The lowest BCUT2D eigenvalue weighted by Crippen LogP contribution is -2.22. The second-order valence-electron chi connectivity index (χ2n) is 7.92. The summed E-state index contributed by atoms with van der Waals surface area (Å²) in [5.74, 6) is 2.57. The molecular formula is C20H23ClFN3O. The van der Waals surface area contributed by atoms with Gasteiger partial charge in [0.1, 0.15) is 12.4 Å². The molecule has 2 aromatic rings. The first-order valence-electron chi connectivity index (χ1n) is 9.46. The van der Waals surface area contributed by atoms with Crippen LogP contribution in [0.3, 0.4) is 0 Å². The lowest BCUT2D eigenvalue weighted by atomic mass is 9.83. The molecule has 1 aromatic heterocycles. The smallest absolute Gasteiger partial charge is 0.212 e. The average molecular weight is 376 g/mol. The number of nitrogens with zero attached hydrogens (tertiary/aromatic N) is 2. The van der Waals surface area contributed by atoms with Crippen molar-refractivity contribution in [2.24, 2.45) is 17.8 Å². The molecule has 2 fully saturated rings. The first-order valence-corrected chi connectivity index (χ1v) is 9.84. The van der Waals surface area contributed by atoms with Gasteiger partial charge >= 0.3 is 0 Å². The second kappa shape index (κ2) is 6.24. The Bertz CT molecular complexity index is 852. The summed E-state index contributed by atoms with van der Waals surface area (Å²) in [5, 5.41) is 8.55. The minimum Gasteiger partial charge on any atom is -0.473 e. The van der Waals surface area contributed by atoms with Crippen LogP contribution in [-0.4, -0.2) is 16.8 Å². The number of nitrogens with one attached hydrogen (secondary N) is 1. The molecule has 2 aliphatic carbocycles. The number of hydrogen-bond donors (Lipinski definition) is 1. The summed E-state index contributed by atoms with van der Waals surface area (Å²) in [6.07, 6.45) is 3.59. The molecule has 3 aliphatic rings. The van der Waals surface area contributed by atoms with Crippen LogP contribution >= 0.6 is 11.6 Å². The van der Waals surface area contributed by atoms with E-state index in [2.05, 4.69) is 5.32 Å². The van der Waals surface area contributed by atoms with Crippen LogP contribution in [0.2, 0.25) is 5.02 Å². The predicted octanol–water partition coefficient (Wildman–Crippen LogP) is 4.12. The fourth-order valence-corrected chi connectivity index (χ4v) is 5.88. The van der Waals surface area contributed by atoms with Gasteiger partial charge in [0, 0.05) is 29.7 Å². The van der Waals surface area contributed by atoms with E-state index >= 15 is 0 Å². The summed E-state index contributed by atoms with van der Waals surface area (Å²) in [6, 6.07) is 5.14. The third kappa shape index (κ3) is 2.48. The van der Waals surface area contributed by atoms with E-state index in [1.165, 1.54) is 25.3 Å². The van der Waals surface area contributed by atoms with Gasteiger partial charge in [-0.25, -0.2) is 9.07 Å². The van der Waals surface area contributed by atoms with Crippen molar-refractivity contribution in [3.8, 4) is 5.88 Å². The van der Waals surface area contributed by atoms with Gasteiger partial charge in [0.2, 0.25) is 5.88 Å².